The molecule has 4 nitrogen and oxygen atoms in total. The Hall–Kier alpha value is -1.81. The summed E-state index contributed by atoms with van der Waals surface area (Å²) in [5.41, 5.74) is 2.56. The second-order valence-electron chi connectivity index (χ2n) is 7.43. The number of fused-ring (bicyclic) bond motifs is 3. The normalized spacial score (nSPS) is 31.4. The zero-order chi connectivity index (χ0) is 17.2. The van der Waals surface area contributed by atoms with Gasteiger partial charge in [0.25, 0.3) is 0 Å². The fourth-order valence-electron chi connectivity index (χ4n) is 4.88. The molecule has 1 aromatic rings. The lowest BCUT2D eigenvalue weighted by Gasteiger charge is -2.47. The molecule has 0 unspecified atom stereocenters. The number of carbonyl (C=O) groups is 1. The molecule has 4 rings (SSSR count). The molecule has 2 fully saturated rings. The highest BCUT2D eigenvalue weighted by molar-refractivity contribution is 5.66. The smallest absolute Gasteiger partial charge is 0.128 e. The number of benzene rings is 1. The Morgan fingerprint density at radius 2 is 1.92 bits per heavy atom. The van der Waals surface area contributed by atoms with Gasteiger partial charge in [0, 0.05) is 17.4 Å². The molecule has 4 heteroatoms. The molecular weight excluding hydrogens is 316 g/mol. The number of carboxylic acid groups (broad SMARTS) is 1. The van der Waals surface area contributed by atoms with Gasteiger partial charge in [-0.3, -0.25) is 0 Å². The van der Waals surface area contributed by atoms with Crippen molar-refractivity contribution in [3.05, 3.63) is 41.5 Å². The summed E-state index contributed by atoms with van der Waals surface area (Å²) in [6, 6.07) is 7.70. The summed E-state index contributed by atoms with van der Waals surface area (Å²) in [5.74, 6) is 0.369. The molecule has 0 amide bonds. The molecule has 1 aliphatic heterocycles. The number of carbonyl (C=O) groups excluding carboxylic acids is 1. The van der Waals surface area contributed by atoms with E-state index in [2.05, 4.69) is 6.08 Å². The maximum Gasteiger partial charge on any atom is 0.128 e. The van der Waals surface area contributed by atoms with Gasteiger partial charge in [-0.05, 0) is 38.2 Å². The van der Waals surface area contributed by atoms with E-state index in [0.717, 1.165) is 18.4 Å². The SMILES string of the molecule is O=C([O-])COc1ccccc1[C@H]1O[C@H]2CCCC[C@@H]2C2=CCCC[C@H]21. The van der Waals surface area contributed by atoms with E-state index in [1.54, 1.807) is 5.57 Å². The molecule has 134 valence electrons. The monoisotopic (exact) mass is 341 g/mol. The van der Waals surface area contributed by atoms with E-state index in [0.29, 0.717) is 17.6 Å². The quantitative estimate of drug-likeness (QED) is 0.789. The highest BCUT2D eigenvalue weighted by Crippen LogP contribution is 2.52. The van der Waals surface area contributed by atoms with E-state index in [9.17, 15) is 9.90 Å². The highest BCUT2D eigenvalue weighted by atomic mass is 16.5. The summed E-state index contributed by atoms with van der Waals surface area (Å²) in [7, 11) is 0. The van der Waals surface area contributed by atoms with Gasteiger partial charge in [0.2, 0.25) is 0 Å². The molecule has 1 aromatic carbocycles. The lowest BCUT2D eigenvalue weighted by molar-refractivity contribution is -0.307. The summed E-state index contributed by atoms with van der Waals surface area (Å²) >= 11 is 0. The average molecular weight is 341 g/mol. The first kappa shape index (κ1) is 16.6. The molecule has 4 atom stereocenters. The number of aliphatic carboxylic acids is 1. The van der Waals surface area contributed by atoms with Crippen LogP contribution < -0.4 is 9.84 Å². The first-order valence-corrected chi connectivity index (χ1v) is 9.51. The highest BCUT2D eigenvalue weighted by Gasteiger charge is 2.44. The van der Waals surface area contributed by atoms with Crippen molar-refractivity contribution in [3.8, 4) is 5.75 Å². The summed E-state index contributed by atoms with van der Waals surface area (Å²) in [5, 5.41) is 10.8. The fourth-order valence-corrected chi connectivity index (χ4v) is 4.88. The van der Waals surface area contributed by atoms with Crippen molar-refractivity contribution in [2.45, 2.75) is 57.2 Å². The number of hydrogen-bond donors (Lipinski definition) is 0. The Labute approximate surface area is 148 Å². The van der Waals surface area contributed by atoms with Gasteiger partial charge < -0.3 is 19.4 Å². The van der Waals surface area contributed by atoms with Crippen molar-refractivity contribution in [3.63, 3.8) is 0 Å². The van der Waals surface area contributed by atoms with Gasteiger partial charge in [-0.2, -0.15) is 0 Å². The Morgan fingerprint density at radius 3 is 2.80 bits per heavy atom. The van der Waals surface area contributed by atoms with E-state index in [-0.39, 0.29) is 12.2 Å². The van der Waals surface area contributed by atoms with Gasteiger partial charge >= 0.3 is 0 Å². The van der Waals surface area contributed by atoms with Gasteiger partial charge in [0.1, 0.15) is 12.4 Å². The van der Waals surface area contributed by atoms with Crippen LogP contribution in [0.1, 0.15) is 56.6 Å². The van der Waals surface area contributed by atoms with Gasteiger partial charge in [-0.25, -0.2) is 0 Å². The third-order valence-corrected chi connectivity index (χ3v) is 5.92. The van der Waals surface area contributed by atoms with E-state index in [1.165, 1.54) is 32.1 Å². The second kappa shape index (κ2) is 7.20. The fraction of sp³-hybridized carbons (Fsp3) is 0.571. The van der Waals surface area contributed by atoms with Crippen molar-refractivity contribution in [2.75, 3.05) is 6.61 Å². The average Bonchev–Trinajstić information content (AvgIpc) is 2.66. The van der Waals surface area contributed by atoms with Gasteiger partial charge in [0.15, 0.2) is 0 Å². The van der Waals surface area contributed by atoms with Crippen LogP contribution in [0, 0.1) is 11.8 Å². The van der Waals surface area contributed by atoms with Crippen LogP contribution in [-0.2, 0) is 9.53 Å². The van der Waals surface area contributed by atoms with Crippen molar-refractivity contribution < 1.29 is 19.4 Å². The molecule has 0 radical (unpaired) electrons. The minimum absolute atomic E-state index is 0.0381. The van der Waals surface area contributed by atoms with Crippen molar-refractivity contribution in [2.24, 2.45) is 11.8 Å². The van der Waals surface area contributed by atoms with E-state index in [4.69, 9.17) is 9.47 Å². The van der Waals surface area contributed by atoms with E-state index >= 15 is 0 Å². The van der Waals surface area contributed by atoms with Crippen LogP contribution in [0.4, 0.5) is 0 Å². The van der Waals surface area contributed by atoms with Crippen molar-refractivity contribution in [1.29, 1.82) is 0 Å². The predicted molar refractivity (Wildman–Crippen MR) is 91.9 cm³/mol. The molecule has 3 aliphatic rings. The van der Waals surface area contributed by atoms with Crippen LogP contribution in [0.3, 0.4) is 0 Å². The molecule has 1 saturated carbocycles. The number of rotatable bonds is 4. The third kappa shape index (κ3) is 3.32. The van der Waals surface area contributed by atoms with Crippen LogP contribution in [0.2, 0.25) is 0 Å². The van der Waals surface area contributed by atoms with E-state index < -0.39 is 12.6 Å². The van der Waals surface area contributed by atoms with Gasteiger partial charge in [-0.1, -0.05) is 42.7 Å². The molecule has 1 heterocycles. The maximum absolute atomic E-state index is 10.8. The molecule has 0 aromatic heterocycles. The van der Waals surface area contributed by atoms with E-state index in [1.807, 2.05) is 24.3 Å². The number of allylic oxidation sites excluding steroid dienone is 1. The van der Waals surface area contributed by atoms with Crippen LogP contribution in [-0.4, -0.2) is 18.7 Å². The zero-order valence-corrected chi connectivity index (χ0v) is 14.5. The first-order chi connectivity index (χ1) is 12.2. The largest absolute Gasteiger partial charge is 0.546 e. The topological polar surface area (TPSA) is 58.6 Å². The van der Waals surface area contributed by atoms with Gasteiger partial charge in [-0.15, -0.1) is 0 Å². The maximum atomic E-state index is 10.8. The lowest BCUT2D eigenvalue weighted by atomic mass is 9.68. The number of para-hydroxylation sites is 1. The standard InChI is InChI=1S/C21H26O4/c22-20(23)13-24-18-11-5-4-10-17(18)21-16-9-2-1-7-14(16)15-8-3-6-12-19(15)25-21/h4-5,7,10-11,15-16,19,21H,1-3,6,8-9,12-13H2,(H,22,23)/p-1/t15-,16-,19+,21+/m1/s1. The zero-order valence-electron chi connectivity index (χ0n) is 14.5. The summed E-state index contributed by atoms with van der Waals surface area (Å²) < 4.78 is 12.1. The molecular formula is C21H25O4-. The number of hydrogen-bond acceptors (Lipinski definition) is 4. The Kier molecular flexibility index (Phi) is 4.80. The molecule has 0 bridgehead atoms. The summed E-state index contributed by atoms with van der Waals surface area (Å²) in [6.45, 7) is -0.427. The lowest BCUT2D eigenvalue weighted by Crippen LogP contribution is -2.41. The third-order valence-electron chi connectivity index (χ3n) is 5.92. The van der Waals surface area contributed by atoms with Crippen LogP contribution >= 0.6 is 0 Å². The Balaban J connectivity index is 1.66. The molecule has 25 heavy (non-hydrogen) atoms. The minimum atomic E-state index is -1.20. The number of carboxylic acids is 1. The predicted octanol–water partition coefficient (Wildman–Crippen LogP) is 3.17. The van der Waals surface area contributed by atoms with Crippen LogP contribution in [0.25, 0.3) is 0 Å². The van der Waals surface area contributed by atoms with Crippen molar-refractivity contribution in [1.82, 2.24) is 0 Å². The Bertz CT molecular complexity index is 666. The molecule has 2 aliphatic carbocycles. The summed E-state index contributed by atoms with van der Waals surface area (Å²) in [4.78, 5) is 10.8. The molecule has 0 N–H and O–H groups in total. The van der Waals surface area contributed by atoms with Crippen LogP contribution in [0.15, 0.2) is 35.9 Å². The first-order valence-electron chi connectivity index (χ1n) is 9.51. The number of ether oxygens (including phenoxy) is 2. The minimum Gasteiger partial charge on any atom is -0.546 e. The van der Waals surface area contributed by atoms with Gasteiger partial charge in [0.05, 0.1) is 18.2 Å². The second-order valence-corrected chi connectivity index (χ2v) is 7.43. The Morgan fingerprint density at radius 1 is 1.12 bits per heavy atom. The summed E-state index contributed by atoms with van der Waals surface area (Å²) in [6.07, 6.45) is 11.1. The molecule has 0 spiro atoms. The van der Waals surface area contributed by atoms with Crippen molar-refractivity contribution >= 4 is 5.97 Å². The van der Waals surface area contributed by atoms with Crippen LogP contribution in [0.5, 0.6) is 5.75 Å². The molecule has 1 saturated heterocycles.